The van der Waals surface area contributed by atoms with Crippen LogP contribution in [0.25, 0.3) is 0 Å². The van der Waals surface area contributed by atoms with Crippen molar-refractivity contribution in [3.8, 4) is 0 Å². The molecule has 5 heteroatoms. The number of amides is 1. The second-order valence-corrected chi connectivity index (χ2v) is 7.01. The maximum Gasteiger partial charge on any atom is 0.319 e. The minimum atomic E-state index is -1.13. The molecular formula is C12H19NO3S. The monoisotopic (exact) mass is 257 g/mol. The zero-order chi connectivity index (χ0) is 12.5. The molecule has 1 aliphatic heterocycles. The Balaban J connectivity index is 1.90. The lowest BCUT2D eigenvalue weighted by Gasteiger charge is -2.36. The Morgan fingerprint density at radius 2 is 2.00 bits per heavy atom. The van der Waals surface area contributed by atoms with Crippen molar-refractivity contribution in [3.05, 3.63) is 0 Å². The summed E-state index contributed by atoms with van der Waals surface area (Å²) < 4.78 is 0.0963. The van der Waals surface area contributed by atoms with Crippen molar-refractivity contribution in [1.29, 1.82) is 0 Å². The van der Waals surface area contributed by atoms with E-state index < -0.39 is 11.4 Å². The Hall–Kier alpha value is -0.710. The van der Waals surface area contributed by atoms with Gasteiger partial charge >= 0.3 is 5.97 Å². The number of hydrogen-bond acceptors (Lipinski definition) is 3. The van der Waals surface area contributed by atoms with E-state index in [1.165, 1.54) is 6.42 Å². The number of nitrogens with one attached hydrogen (secondary N) is 1. The lowest BCUT2D eigenvalue weighted by Crippen LogP contribution is -2.53. The number of carboxylic acids is 1. The summed E-state index contributed by atoms with van der Waals surface area (Å²) in [4.78, 5) is 23.1. The lowest BCUT2D eigenvalue weighted by atomic mass is 9.68. The Bertz CT molecular complexity index is 333. The molecule has 0 aromatic heterocycles. The van der Waals surface area contributed by atoms with Gasteiger partial charge in [-0.15, -0.1) is 0 Å². The van der Waals surface area contributed by atoms with Gasteiger partial charge in [-0.3, -0.25) is 9.59 Å². The first-order valence-electron chi connectivity index (χ1n) is 6.14. The molecule has 1 saturated carbocycles. The summed E-state index contributed by atoms with van der Waals surface area (Å²) in [7, 11) is 0. The molecule has 1 heterocycles. The minimum absolute atomic E-state index is 0.0963. The van der Waals surface area contributed by atoms with Crippen LogP contribution in [0.4, 0.5) is 0 Å². The van der Waals surface area contributed by atoms with Crippen molar-refractivity contribution in [2.24, 2.45) is 5.41 Å². The molecule has 2 fully saturated rings. The van der Waals surface area contributed by atoms with Crippen LogP contribution in [0, 0.1) is 5.41 Å². The predicted octanol–water partition coefficient (Wildman–Crippen LogP) is 1.64. The third kappa shape index (κ3) is 2.30. The van der Waals surface area contributed by atoms with Crippen molar-refractivity contribution in [3.63, 3.8) is 0 Å². The summed E-state index contributed by atoms with van der Waals surface area (Å²) >= 11 is 1.87. The summed E-state index contributed by atoms with van der Waals surface area (Å²) in [6.45, 7) is 2.73. The van der Waals surface area contributed by atoms with E-state index >= 15 is 0 Å². The second-order valence-electron chi connectivity index (χ2n) is 5.33. The maximum atomic E-state index is 12.0. The number of thioether (sulfide) groups is 1. The molecule has 2 aliphatic rings. The Morgan fingerprint density at radius 3 is 2.41 bits per heavy atom. The largest absolute Gasteiger partial charge is 0.480 e. The third-order valence-electron chi connectivity index (χ3n) is 3.97. The summed E-state index contributed by atoms with van der Waals surface area (Å²) in [6.07, 6.45) is 4.08. The van der Waals surface area contributed by atoms with E-state index in [9.17, 15) is 9.59 Å². The molecule has 0 aromatic rings. The van der Waals surface area contributed by atoms with Crippen LogP contribution in [0.1, 0.15) is 39.0 Å². The topological polar surface area (TPSA) is 66.4 Å². The van der Waals surface area contributed by atoms with E-state index in [4.69, 9.17) is 5.11 Å². The summed E-state index contributed by atoms with van der Waals surface area (Å²) in [5.41, 5.74) is -1.13. The van der Waals surface area contributed by atoms with Crippen LogP contribution in [0.3, 0.4) is 0 Å². The molecule has 2 rings (SSSR count). The Kier molecular flexibility index (Phi) is 3.39. The van der Waals surface area contributed by atoms with Gasteiger partial charge in [0, 0.05) is 11.3 Å². The third-order valence-corrected chi connectivity index (χ3v) is 5.51. The zero-order valence-corrected chi connectivity index (χ0v) is 10.9. The van der Waals surface area contributed by atoms with Crippen LogP contribution in [0.2, 0.25) is 0 Å². The molecule has 0 spiro atoms. The van der Waals surface area contributed by atoms with Gasteiger partial charge in [-0.1, -0.05) is 6.42 Å². The first-order valence-corrected chi connectivity index (χ1v) is 7.13. The second kappa shape index (κ2) is 4.52. The molecule has 1 aliphatic carbocycles. The highest BCUT2D eigenvalue weighted by Crippen LogP contribution is 2.42. The van der Waals surface area contributed by atoms with Crippen LogP contribution in [-0.2, 0) is 9.59 Å². The average Bonchev–Trinajstić information content (AvgIpc) is 2.60. The van der Waals surface area contributed by atoms with Crippen molar-refractivity contribution < 1.29 is 14.7 Å². The van der Waals surface area contributed by atoms with E-state index in [0.717, 1.165) is 18.6 Å². The SMILES string of the molecule is CC1(CNC(=O)C2(C(=O)O)CCC2)CCCS1. The van der Waals surface area contributed by atoms with Gasteiger partial charge in [0.15, 0.2) is 0 Å². The Morgan fingerprint density at radius 1 is 1.29 bits per heavy atom. The highest BCUT2D eigenvalue weighted by molar-refractivity contribution is 8.00. The highest BCUT2D eigenvalue weighted by Gasteiger charge is 2.51. The number of carboxylic acid groups (broad SMARTS) is 1. The van der Waals surface area contributed by atoms with E-state index in [0.29, 0.717) is 19.4 Å². The summed E-state index contributed by atoms with van der Waals surface area (Å²) in [5, 5.41) is 12.0. The summed E-state index contributed by atoms with van der Waals surface area (Å²) in [5.74, 6) is -0.119. The Labute approximate surface area is 106 Å². The quantitative estimate of drug-likeness (QED) is 0.751. The van der Waals surface area contributed by atoms with E-state index in [1.54, 1.807) is 0 Å². The van der Waals surface area contributed by atoms with Crippen molar-refractivity contribution in [1.82, 2.24) is 5.32 Å². The molecule has 2 N–H and O–H groups in total. The van der Waals surface area contributed by atoms with Crippen LogP contribution in [-0.4, -0.2) is 34.0 Å². The molecule has 1 amide bonds. The van der Waals surface area contributed by atoms with Gasteiger partial charge in [-0.25, -0.2) is 0 Å². The van der Waals surface area contributed by atoms with Gasteiger partial charge in [-0.2, -0.15) is 11.8 Å². The van der Waals surface area contributed by atoms with Gasteiger partial charge in [-0.05, 0) is 38.4 Å². The normalized spacial score (nSPS) is 30.6. The molecule has 17 heavy (non-hydrogen) atoms. The number of aliphatic carboxylic acids is 1. The van der Waals surface area contributed by atoms with E-state index in [-0.39, 0.29) is 10.7 Å². The smallest absolute Gasteiger partial charge is 0.319 e. The molecule has 1 saturated heterocycles. The first-order chi connectivity index (χ1) is 7.99. The van der Waals surface area contributed by atoms with E-state index in [1.807, 2.05) is 11.8 Å². The standard InChI is InChI=1S/C12H19NO3S/c1-11(4-3-7-17-11)8-13-9(14)12(10(15)16)5-2-6-12/h2-8H2,1H3,(H,13,14)(H,15,16). The first kappa shape index (κ1) is 12.7. The number of carbonyl (C=O) groups is 2. The van der Waals surface area contributed by atoms with Crippen LogP contribution >= 0.6 is 11.8 Å². The number of rotatable bonds is 4. The predicted molar refractivity (Wildman–Crippen MR) is 67.0 cm³/mol. The van der Waals surface area contributed by atoms with Crippen molar-refractivity contribution in [2.45, 2.75) is 43.8 Å². The molecule has 1 atom stereocenters. The summed E-state index contributed by atoms with van der Waals surface area (Å²) in [6, 6.07) is 0. The highest BCUT2D eigenvalue weighted by atomic mass is 32.2. The fraction of sp³-hybridized carbons (Fsp3) is 0.833. The lowest BCUT2D eigenvalue weighted by molar-refractivity contribution is -0.162. The van der Waals surface area contributed by atoms with Crippen LogP contribution in [0.5, 0.6) is 0 Å². The fourth-order valence-corrected chi connectivity index (χ4v) is 3.73. The van der Waals surface area contributed by atoms with Crippen molar-refractivity contribution in [2.75, 3.05) is 12.3 Å². The molecule has 0 bridgehead atoms. The van der Waals surface area contributed by atoms with Gasteiger partial charge in [0.05, 0.1) is 0 Å². The molecule has 0 radical (unpaired) electrons. The minimum Gasteiger partial charge on any atom is -0.480 e. The van der Waals surface area contributed by atoms with E-state index in [2.05, 4.69) is 12.2 Å². The van der Waals surface area contributed by atoms with Gasteiger partial charge in [0.2, 0.25) is 5.91 Å². The fourth-order valence-electron chi connectivity index (χ4n) is 2.48. The average molecular weight is 257 g/mol. The number of hydrogen-bond donors (Lipinski definition) is 2. The van der Waals surface area contributed by atoms with Gasteiger partial charge in [0.25, 0.3) is 0 Å². The molecule has 96 valence electrons. The molecule has 4 nitrogen and oxygen atoms in total. The van der Waals surface area contributed by atoms with Gasteiger partial charge in [0.1, 0.15) is 5.41 Å². The number of carbonyl (C=O) groups excluding carboxylic acids is 1. The van der Waals surface area contributed by atoms with Gasteiger partial charge < -0.3 is 10.4 Å². The molecule has 1 unspecified atom stereocenters. The maximum absolute atomic E-state index is 12.0. The molecule has 0 aromatic carbocycles. The van der Waals surface area contributed by atoms with Crippen LogP contribution in [0.15, 0.2) is 0 Å². The van der Waals surface area contributed by atoms with Crippen LogP contribution < -0.4 is 5.32 Å². The molecular weight excluding hydrogens is 238 g/mol. The van der Waals surface area contributed by atoms with Crippen molar-refractivity contribution >= 4 is 23.6 Å². The zero-order valence-electron chi connectivity index (χ0n) is 10.1.